The van der Waals surface area contributed by atoms with E-state index in [0.29, 0.717) is 23.4 Å². The van der Waals surface area contributed by atoms with Gasteiger partial charge in [0.25, 0.3) is 5.56 Å². The molecule has 0 bridgehead atoms. The first kappa shape index (κ1) is 22.2. The zero-order valence-corrected chi connectivity index (χ0v) is 18.3. The fourth-order valence-electron chi connectivity index (χ4n) is 5.18. The number of aromatic nitrogens is 1. The molecule has 7 nitrogen and oxygen atoms in total. The number of aliphatic hydroxyl groups is 1. The molecule has 170 valence electrons. The Labute approximate surface area is 185 Å². The van der Waals surface area contributed by atoms with Gasteiger partial charge in [0.2, 0.25) is 11.8 Å². The van der Waals surface area contributed by atoms with Crippen LogP contribution in [-0.2, 0) is 16.1 Å². The second kappa shape index (κ2) is 8.86. The quantitative estimate of drug-likeness (QED) is 0.718. The number of aliphatic hydroxyl groups excluding tert-OH is 1. The van der Waals surface area contributed by atoms with Crippen molar-refractivity contribution in [3.05, 3.63) is 58.3 Å². The largest absolute Gasteiger partial charge is 0.396 e. The Morgan fingerprint density at radius 2 is 2.00 bits per heavy atom. The number of halogens is 1. The summed E-state index contributed by atoms with van der Waals surface area (Å²) in [4.78, 5) is 40.8. The van der Waals surface area contributed by atoms with Gasteiger partial charge in [-0.3, -0.25) is 14.4 Å². The lowest BCUT2D eigenvalue weighted by molar-refractivity contribution is -0.141. The maximum atomic E-state index is 13.7. The number of fused-ring (bicyclic) bond motifs is 3. The summed E-state index contributed by atoms with van der Waals surface area (Å²) in [5, 5.41) is 13.1. The Kier molecular flexibility index (Phi) is 6.15. The van der Waals surface area contributed by atoms with Crippen LogP contribution in [0.5, 0.6) is 0 Å². The van der Waals surface area contributed by atoms with Gasteiger partial charge in [-0.1, -0.05) is 26.0 Å². The molecule has 1 aromatic heterocycles. The molecule has 0 unspecified atom stereocenters. The summed E-state index contributed by atoms with van der Waals surface area (Å²) in [6.07, 6.45) is 0.975. The molecule has 2 aliphatic rings. The smallest absolute Gasteiger partial charge is 0.258 e. The molecule has 2 aliphatic heterocycles. The number of nitrogens with zero attached hydrogens (tertiary/aromatic N) is 2. The van der Waals surface area contributed by atoms with Crippen molar-refractivity contribution in [3.63, 3.8) is 0 Å². The highest BCUT2D eigenvalue weighted by molar-refractivity contribution is 5.89. The first-order valence-corrected chi connectivity index (χ1v) is 11.1. The molecule has 2 aromatic rings. The molecule has 0 spiro atoms. The third kappa shape index (κ3) is 3.52. The normalized spacial score (nSPS) is 23.7. The maximum Gasteiger partial charge on any atom is 0.258 e. The van der Waals surface area contributed by atoms with E-state index in [4.69, 9.17) is 0 Å². The highest BCUT2D eigenvalue weighted by atomic mass is 19.1. The number of benzene rings is 1. The van der Waals surface area contributed by atoms with Crippen molar-refractivity contribution >= 4 is 11.8 Å². The fourth-order valence-corrected chi connectivity index (χ4v) is 5.18. The molecule has 2 N–H and O–H groups in total. The van der Waals surface area contributed by atoms with E-state index in [0.717, 1.165) is 6.42 Å². The SMILES string of the molecule is CCCNC(=O)[C@@H]1[C@@H](CO)[C@@H]2Cn3c(ccc(-c4cccc(F)c4)c3=O)[C@@H]2N1C(=O)CC. The zero-order valence-electron chi connectivity index (χ0n) is 18.3. The number of hydrogen-bond acceptors (Lipinski definition) is 4. The van der Waals surface area contributed by atoms with Gasteiger partial charge in [0.05, 0.1) is 6.04 Å². The van der Waals surface area contributed by atoms with Gasteiger partial charge in [0, 0.05) is 49.2 Å². The topological polar surface area (TPSA) is 91.6 Å². The minimum Gasteiger partial charge on any atom is -0.396 e. The van der Waals surface area contributed by atoms with E-state index in [9.17, 15) is 23.9 Å². The summed E-state index contributed by atoms with van der Waals surface area (Å²) in [5.74, 6) is -1.63. The van der Waals surface area contributed by atoms with Crippen LogP contribution in [0.1, 0.15) is 38.4 Å². The predicted octanol–water partition coefficient (Wildman–Crippen LogP) is 2.08. The number of likely N-dealkylation sites (tertiary alicyclic amines) is 1. The Balaban J connectivity index is 1.78. The van der Waals surface area contributed by atoms with Gasteiger partial charge in [0.15, 0.2) is 0 Å². The van der Waals surface area contributed by atoms with Gasteiger partial charge in [-0.05, 0) is 36.2 Å². The molecule has 1 fully saturated rings. The second-order valence-corrected chi connectivity index (χ2v) is 8.44. The zero-order chi connectivity index (χ0) is 23.0. The maximum absolute atomic E-state index is 13.7. The summed E-state index contributed by atoms with van der Waals surface area (Å²) >= 11 is 0. The van der Waals surface area contributed by atoms with Crippen LogP contribution >= 0.6 is 0 Å². The van der Waals surface area contributed by atoms with Crippen LogP contribution in [0.4, 0.5) is 4.39 Å². The van der Waals surface area contributed by atoms with Crippen molar-refractivity contribution in [1.29, 1.82) is 0 Å². The number of pyridine rings is 1. The summed E-state index contributed by atoms with van der Waals surface area (Å²) in [5.41, 5.74) is 1.24. The number of nitrogens with one attached hydrogen (secondary N) is 1. The van der Waals surface area contributed by atoms with Crippen LogP contribution in [0.2, 0.25) is 0 Å². The second-order valence-electron chi connectivity index (χ2n) is 8.44. The van der Waals surface area contributed by atoms with Crippen molar-refractivity contribution in [2.75, 3.05) is 13.2 Å². The van der Waals surface area contributed by atoms with Crippen LogP contribution in [0.15, 0.2) is 41.2 Å². The van der Waals surface area contributed by atoms with Crippen LogP contribution in [0.25, 0.3) is 11.1 Å². The van der Waals surface area contributed by atoms with E-state index in [2.05, 4.69) is 5.32 Å². The lowest BCUT2D eigenvalue weighted by Crippen LogP contribution is -2.50. The molecule has 32 heavy (non-hydrogen) atoms. The molecule has 0 saturated carbocycles. The van der Waals surface area contributed by atoms with Crippen LogP contribution in [0.3, 0.4) is 0 Å². The van der Waals surface area contributed by atoms with Crippen LogP contribution < -0.4 is 10.9 Å². The van der Waals surface area contributed by atoms with E-state index in [1.165, 1.54) is 12.1 Å². The average molecular weight is 442 g/mol. The number of hydrogen-bond donors (Lipinski definition) is 2. The third-order valence-corrected chi connectivity index (χ3v) is 6.62. The molecule has 0 radical (unpaired) electrons. The molecule has 4 rings (SSSR count). The van der Waals surface area contributed by atoms with E-state index >= 15 is 0 Å². The van der Waals surface area contributed by atoms with Crippen molar-refractivity contribution < 1.29 is 19.1 Å². The van der Waals surface area contributed by atoms with Gasteiger partial charge < -0.3 is 19.9 Å². The van der Waals surface area contributed by atoms with Crippen LogP contribution in [-0.4, -0.2) is 45.6 Å². The highest BCUT2D eigenvalue weighted by Crippen LogP contribution is 2.49. The molecule has 2 amide bonds. The number of carbonyl (C=O) groups is 2. The summed E-state index contributed by atoms with van der Waals surface area (Å²) in [7, 11) is 0. The van der Waals surface area contributed by atoms with Gasteiger partial charge in [0.1, 0.15) is 11.9 Å². The molecular formula is C24H28FN3O4. The van der Waals surface area contributed by atoms with Gasteiger partial charge in [-0.25, -0.2) is 4.39 Å². The summed E-state index contributed by atoms with van der Waals surface area (Å²) < 4.78 is 15.3. The third-order valence-electron chi connectivity index (χ3n) is 6.62. The fraction of sp³-hybridized carbons (Fsp3) is 0.458. The Morgan fingerprint density at radius 1 is 1.22 bits per heavy atom. The number of carbonyl (C=O) groups excluding carboxylic acids is 2. The van der Waals surface area contributed by atoms with E-state index in [1.807, 2.05) is 6.92 Å². The first-order chi connectivity index (χ1) is 15.4. The molecule has 1 aromatic carbocycles. The molecule has 4 atom stereocenters. The molecule has 1 saturated heterocycles. The van der Waals surface area contributed by atoms with Gasteiger partial charge in [-0.15, -0.1) is 0 Å². The van der Waals surface area contributed by atoms with Gasteiger partial charge >= 0.3 is 0 Å². The van der Waals surface area contributed by atoms with Crippen molar-refractivity contribution in [2.24, 2.45) is 11.8 Å². The van der Waals surface area contributed by atoms with E-state index < -0.39 is 23.8 Å². The van der Waals surface area contributed by atoms with E-state index in [-0.39, 0.29) is 42.9 Å². The minimum absolute atomic E-state index is 0.192. The lowest BCUT2D eigenvalue weighted by atomic mass is 9.88. The first-order valence-electron chi connectivity index (χ1n) is 11.1. The van der Waals surface area contributed by atoms with Crippen LogP contribution in [0, 0.1) is 17.7 Å². The van der Waals surface area contributed by atoms with Crippen molar-refractivity contribution in [1.82, 2.24) is 14.8 Å². The molecule has 3 heterocycles. The summed E-state index contributed by atoms with van der Waals surface area (Å²) in [6.45, 7) is 4.20. The Hall–Kier alpha value is -3.00. The Morgan fingerprint density at radius 3 is 2.66 bits per heavy atom. The standard InChI is InChI=1S/C24H28FN3O4/c1-3-10-26-23(31)22-18(13-29)17-12-27-19(21(17)28(22)20(30)4-2)9-8-16(24(27)32)14-6-5-7-15(25)11-14/h5-9,11,17-18,21-22,29H,3-4,10,12-13H2,1-2H3,(H,26,31)/t17-,18-,21+,22-/m0/s1. The highest BCUT2D eigenvalue weighted by Gasteiger charge is 2.56. The average Bonchev–Trinajstić information content (AvgIpc) is 3.32. The van der Waals surface area contributed by atoms with Crippen molar-refractivity contribution in [2.45, 2.75) is 45.3 Å². The Bertz CT molecular complexity index is 1100. The van der Waals surface area contributed by atoms with Gasteiger partial charge in [-0.2, -0.15) is 0 Å². The van der Waals surface area contributed by atoms with Crippen molar-refractivity contribution in [3.8, 4) is 11.1 Å². The lowest BCUT2D eigenvalue weighted by Gasteiger charge is -2.30. The van der Waals surface area contributed by atoms with E-state index in [1.54, 1.807) is 40.7 Å². The molecule has 8 heteroatoms. The predicted molar refractivity (Wildman–Crippen MR) is 117 cm³/mol. The number of rotatable bonds is 6. The number of amides is 2. The molecule has 0 aliphatic carbocycles. The summed E-state index contributed by atoms with van der Waals surface area (Å²) in [6, 6.07) is 8.06. The molecular weight excluding hydrogens is 413 g/mol. The monoisotopic (exact) mass is 441 g/mol. The minimum atomic E-state index is -0.777.